The van der Waals surface area contributed by atoms with Gasteiger partial charge in [-0.15, -0.1) is 12.4 Å². The van der Waals surface area contributed by atoms with Crippen molar-refractivity contribution < 1.29 is 9.90 Å². The van der Waals surface area contributed by atoms with E-state index in [-0.39, 0.29) is 12.4 Å². The lowest BCUT2D eigenvalue weighted by atomic mass is 9.92. The third kappa shape index (κ3) is 2.22. The Hall–Kier alpha value is -2.10. The van der Waals surface area contributed by atoms with E-state index in [0.29, 0.717) is 5.56 Å². The summed E-state index contributed by atoms with van der Waals surface area (Å²) in [4.78, 5) is 11.3. The Labute approximate surface area is 122 Å². The molecule has 0 heterocycles. The first-order valence-corrected chi connectivity index (χ1v) is 6.07. The SMILES string of the molecule is Cl.N[C@H](C(=O)O)c1c2ccccc2cc2ccccc12. The maximum Gasteiger partial charge on any atom is 0.325 e. The summed E-state index contributed by atoms with van der Waals surface area (Å²) in [7, 11) is 0. The average molecular weight is 288 g/mol. The number of aliphatic carboxylic acids is 1. The van der Waals surface area contributed by atoms with Gasteiger partial charge in [0, 0.05) is 0 Å². The van der Waals surface area contributed by atoms with Crippen LogP contribution in [0.2, 0.25) is 0 Å². The molecule has 0 spiro atoms. The van der Waals surface area contributed by atoms with Crippen molar-refractivity contribution in [3.8, 4) is 0 Å². The molecule has 0 fully saturated rings. The van der Waals surface area contributed by atoms with Crippen LogP contribution in [0.15, 0.2) is 54.6 Å². The second-order valence-corrected chi connectivity index (χ2v) is 4.55. The van der Waals surface area contributed by atoms with Crippen LogP contribution < -0.4 is 5.73 Å². The summed E-state index contributed by atoms with van der Waals surface area (Å²) in [5.74, 6) is -1.01. The Morgan fingerprint density at radius 3 is 1.85 bits per heavy atom. The molecule has 20 heavy (non-hydrogen) atoms. The molecule has 4 heteroatoms. The average Bonchev–Trinajstić information content (AvgIpc) is 2.43. The number of carboxylic acid groups (broad SMARTS) is 1. The van der Waals surface area contributed by atoms with E-state index >= 15 is 0 Å². The van der Waals surface area contributed by atoms with Crippen molar-refractivity contribution in [3.05, 3.63) is 60.2 Å². The van der Waals surface area contributed by atoms with Crippen LogP contribution in [0.25, 0.3) is 21.5 Å². The molecule has 3 rings (SSSR count). The number of hydrogen-bond acceptors (Lipinski definition) is 2. The second-order valence-electron chi connectivity index (χ2n) is 4.55. The minimum absolute atomic E-state index is 0. The van der Waals surface area contributed by atoms with E-state index in [1.807, 2.05) is 48.5 Å². The van der Waals surface area contributed by atoms with Gasteiger partial charge in [0.15, 0.2) is 0 Å². The molecule has 3 aromatic rings. The van der Waals surface area contributed by atoms with Crippen LogP contribution in [-0.2, 0) is 4.79 Å². The molecule has 0 unspecified atom stereocenters. The number of rotatable bonds is 2. The molecule has 0 aliphatic carbocycles. The molecule has 0 aromatic heterocycles. The highest BCUT2D eigenvalue weighted by atomic mass is 35.5. The highest BCUT2D eigenvalue weighted by molar-refractivity contribution is 6.05. The summed E-state index contributed by atoms with van der Waals surface area (Å²) in [6, 6.07) is 16.5. The van der Waals surface area contributed by atoms with Gasteiger partial charge in [0.05, 0.1) is 0 Å². The molecule has 0 saturated carbocycles. The van der Waals surface area contributed by atoms with Gasteiger partial charge >= 0.3 is 5.97 Å². The van der Waals surface area contributed by atoms with E-state index in [0.717, 1.165) is 21.5 Å². The van der Waals surface area contributed by atoms with Gasteiger partial charge in [-0.25, -0.2) is 0 Å². The predicted octanol–water partition coefficient (Wildman–Crippen LogP) is 3.50. The molecule has 0 aliphatic rings. The summed E-state index contributed by atoms with van der Waals surface area (Å²) >= 11 is 0. The topological polar surface area (TPSA) is 63.3 Å². The molecular weight excluding hydrogens is 274 g/mol. The molecule has 0 radical (unpaired) electrons. The van der Waals surface area contributed by atoms with Crippen molar-refractivity contribution in [2.24, 2.45) is 5.73 Å². The monoisotopic (exact) mass is 287 g/mol. The number of carboxylic acids is 1. The van der Waals surface area contributed by atoms with E-state index in [1.165, 1.54) is 0 Å². The first-order chi connectivity index (χ1) is 9.18. The standard InChI is InChI=1S/C16H13NO2.ClH/c17-15(16(18)19)14-12-7-3-1-5-10(12)9-11-6-2-4-8-13(11)14;/h1-9,15H,17H2,(H,18,19);1H/t15-;/m0./s1. The predicted molar refractivity (Wildman–Crippen MR) is 83.3 cm³/mol. The normalized spacial score (nSPS) is 12.1. The number of fused-ring (bicyclic) bond motifs is 2. The maximum absolute atomic E-state index is 11.3. The zero-order valence-corrected chi connectivity index (χ0v) is 11.4. The Bertz CT molecular complexity index is 732. The minimum atomic E-state index is -1.02. The summed E-state index contributed by atoms with van der Waals surface area (Å²) in [6.07, 6.45) is 0. The van der Waals surface area contributed by atoms with Crippen molar-refractivity contribution in [1.29, 1.82) is 0 Å². The number of hydrogen-bond donors (Lipinski definition) is 2. The number of carbonyl (C=O) groups is 1. The van der Waals surface area contributed by atoms with Crippen molar-refractivity contribution >= 4 is 39.9 Å². The van der Waals surface area contributed by atoms with E-state index < -0.39 is 12.0 Å². The second kappa shape index (κ2) is 5.49. The minimum Gasteiger partial charge on any atom is -0.480 e. The van der Waals surface area contributed by atoms with Gasteiger partial charge in [-0.3, -0.25) is 4.79 Å². The molecule has 3 nitrogen and oxygen atoms in total. The van der Waals surface area contributed by atoms with Crippen molar-refractivity contribution in [3.63, 3.8) is 0 Å². The first-order valence-electron chi connectivity index (χ1n) is 6.07. The molecule has 0 amide bonds. The fourth-order valence-corrected chi connectivity index (χ4v) is 2.51. The quantitative estimate of drug-likeness (QED) is 0.709. The van der Waals surface area contributed by atoms with Gasteiger partial charge in [-0.2, -0.15) is 0 Å². The highest BCUT2D eigenvalue weighted by Gasteiger charge is 2.19. The number of halogens is 1. The summed E-state index contributed by atoms with van der Waals surface area (Å²) in [5.41, 5.74) is 6.55. The summed E-state index contributed by atoms with van der Waals surface area (Å²) in [5, 5.41) is 13.0. The molecule has 1 atom stereocenters. The first kappa shape index (κ1) is 14.3. The zero-order valence-electron chi connectivity index (χ0n) is 10.6. The Morgan fingerprint density at radius 2 is 1.40 bits per heavy atom. The molecular formula is C16H14ClNO2. The van der Waals surface area contributed by atoms with Crippen molar-refractivity contribution in [1.82, 2.24) is 0 Å². The highest BCUT2D eigenvalue weighted by Crippen LogP contribution is 2.31. The van der Waals surface area contributed by atoms with Crippen LogP contribution >= 0.6 is 12.4 Å². The lowest BCUT2D eigenvalue weighted by molar-refractivity contribution is -0.138. The molecule has 0 saturated heterocycles. The largest absolute Gasteiger partial charge is 0.480 e. The molecule has 102 valence electrons. The maximum atomic E-state index is 11.3. The summed E-state index contributed by atoms with van der Waals surface area (Å²) in [6.45, 7) is 0. The number of benzene rings is 3. The van der Waals surface area contributed by atoms with E-state index in [9.17, 15) is 9.90 Å². The lowest BCUT2D eigenvalue weighted by Crippen LogP contribution is -2.21. The van der Waals surface area contributed by atoms with Crippen LogP contribution in [0.1, 0.15) is 11.6 Å². The van der Waals surface area contributed by atoms with Gasteiger partial charge in [-0.1, -0.05) is 48.5 Å². The fourth-order valence-electron chi connectivity index (χ4n) is 2.51. The van der Waals surface area contributed by atoms with Crippen LogP contribution in [0, 0.1) is 0 Å². The Balaban J connectivity index is 0.00000147. The van der Waals surface area contributed by atoms with Gasteiger partial charge in [0.2, 0.25) is 0 Å². The van der Waals surface area contributed by atoms with Crippen LogP contribution in [-0.4, -0.2) is 11.1 Å². The van der Waals surface area contributed by atoms with E-state index in [1.54, 1.807) is 0 Å². The summed E-state index contributed by atoms with van der Waals surface area (Å²) < 4.78 is 0. The smallest absolute Gasteiger partial charge is 0.325 e. The van der Waals surface area contributed by atoms with Gasteiger partial charge < -0.3 is 10.8 Å². The van der Waals surface area contributed by atoms with Crippen molar-refractivity contribution in [2.75, 3.05) is 0 Å². The molecule has 0 bridgehead atoms. The van der Waals surface area contributed by atoms with Crippen LogP contribution in [0.3, 0.4) is 0 Å². The molecule has 3 aromatic carbocycles. The zero-order chi connectivity index (χ0) is 13.4. The van der Waals surface area contributed by atoms with Crippen LogP contribution in [0.5, 0.6) is 0 Å². The third-order valence-corrected chi connectivity index (χ3v) is 3.39. The molecule has 3 N–H and O–H groups in total. The third-order valence-electron chi connectivity index (χ3n) is 3.39. The lowest BCUT2D eigenvalue weighted by Gasteiger charge is -2.14. The van der Waals surface area contributed by atoms with Gasteiger partial charge in [-0.05, 0) is 33.2 Å². The molecule has 0 aliphatic heterocycles. The number of nitrogens with two attached hydrogens (primary N) is 1. The van der Waals surface area contributed by atoms with E-state index in [4.69, 9.17) is 5.73 Å². The van der Waals surface area contributed by atoms with Crippen molar-refractivity contribution in [2.45, 2.75) is 6.04 Å². The Morgan fingerprint density at radius 1 is 0.950 bits per heavy atom. The fraction of sp³-hybridized carbons (Fsp3) is 0.0625. The van der Waals surface area contributed by atoms with Gasteiger partial charge in [0.25, 0.3) is 0 Å². The van der Waals surface area contributed by atoms with Crippen LogP contribution in [0.4, 0.5) is 0 Å². The van der Waals surface area contributed by atoms with Gasteiger partial charge in [0.1, 0.15) is 6.04 Å². The van der Waals surface area contributed by atoms with E-state index in [2.05, 4.69) is 6.07 Å². The Kier molecular flexibility index (Phi) is 3.93.